The lowest BCUT2D eigenvalue weighted by molar-refractivity contribution is 0.580. The Morgan fingerprint density at radius 1 is 1.45 bits per heavy atom. The van der Waals surface area contributed by atoms with Gasteiger partial charge in [0.25, 0.3) is 0 Å². The number of thioether (sulfide) groups is 1. The third-order valence-electron chi connectivity index (χ3n) is 2.29. The van der Waals surface area contributed by atoms with Crippen molar-refractivity contribution in [2.24, 2.45) is 5.92 Å². The van der Waals surface area contributed by atoms with Crippen LogP contribution in [0, 0.1) is 5.92 Å². The topological polar surface area (TPSA) is 0 Å². The van der Waals surface area contributed by atoms with Crippen LogP contribution in [0.15, 0.2) is 0 Å². The van der Waals surface area contributed by atoms with Gasteiger partial charge < -0.3 is 0 Å². The van der Waals surface area contributed by atoms with E-state index >= 15 is 0 Å². The van der Waals surface area contributed by atoms with Gasteiger partial charge in [0.05, 0.1) is 8.94 Å². The van der Waals surface area contributed by atoms with Gasteiger partial charge in [0.15, 0.2) is 0 Å². The van der Waals surface area contributed by atoms with Crippen molar-refractivity contribution in [1.29, 1.82) is 0 Å². The molecular formula is C8H12S3. The minimum Gasteiger partial charge on any atom is -0.106 e. The van der Waals surface area contributed by atoms with Crippen molar-refractivity contribution in [2.75, 3.05) is 0 Å². The highest BCUT2D eigenvalue weighted by Gasteiger charge is 2.40. The minimum absolute atomic E-state index is 0.131. The quantitative estimate of drug-likeness (QED) is 0.602. The molecule has 1 aliphatic rings. The monoisotopic (exact) mass is 204 g/mol. The molecule has 1 fully saturated rings. The average Bonchev–Trinajstić information content (AvgIpc) is 2.08. The summed E-state index contributed by atoms with van der Waals surface area (Å²) < 4.78 is 1.19. The first kappa shape index (κ1) is 9.62. The SMILES string of the molecule is CC(C)C1(C)SC(=S)CC1=S. The summed E-state index contributed by atoms with van der Waals surface area (Å²) >= 11 is 12.2. The minimum atomic E-state index is 0.131. The van der Waals surface area contributed by atoms with Crippen molar-refractivity contribution in [3.63, 3.8) is 0 Å². The Bertz CT molecular complexity index is 207. The maximum absolute atomic E-state index is 5.30. The molecule has 1 unspecified atom stereocenters. The molecule has 0 aromatic rings. The molecule has 0 saturated carbocycles. The van der Waals surface area contributed by atoms with E-state index in [9.17, 15) is 0 Å². The van der Waals surface area contributed by atoms with Crippen LogP contribution in [0.1, 0.15) is 27.2 Å². The summed E-state index contributed by atoms with van der Waals surface area (Å²) in [6.45, 7) is 6.60. The first-order valence-electron chi connectivity index (χ1n) is 3.72. The van der Waals surface area contributed by atoms with Crippen molar-refractivity contribution < 1.29 is 0 Å². The van der Waals surface area contributed by atoms with Crippen LogP contribution in [0.25, 0.3) is 0 Å². The molecule has 1 atom stereocenters. The van der Waals surface area contributed by atoms with E-state index in [1.165, 1.54) is 0 Å². The first-order chi connectivity index (χ1) is 4.97. The highest BCUT2D eigenvalue weighted by molar-refractivity contribution is 8.25. The van der Waals surface area contributed by atoms with Gasteiger partial charge in [-0.15, -0.1) is 11.8 Å². The number of hydrogen-bond donors (Lipinski definition) is 0. The molecule has 11 heavy (non-hydrogen) atoms. The van der Waals surface area contributed by atoms with E-state index in [1.54, 1.807) is 11.8 Å². The molecule has 0 aromatic heterocycles. The Kier molecular flexibility index (Phi) is 2.72. The zero-order chi connectivity index (χ0) is 8.65. The second kappa shape index (κ2) is 3.11. The van der Waals surface area contributed by atoms with E-state index in [4.69, 9.17) is 24.4 Å². The predicted molar refractivity (Wildman–Crippen MR) is 60.6 cm³/mol. The Labute approximate surface area is 83.1 Å². The molecule has 1 saturated heterocycles. The lowest BCUT2D eigenvalue weighted by atomic mass is 9.92. The normalized spacial score (nSPS) is 32.0. The molecule has 0 bridgehead atoms. The van der Waals surface area contributed by atoms with Gasteiger partial charge >= 0.3 is 0 Å². The maximum Gasteiger partial charge on any atom is 0.0536 e. The van der Waals surface area contributed by atoms with Crippen LogP contribution < -0.4 is 0 Å². The number of rotatable bonds is 1. The van der Waals surface area contributed by atoms with Crippen LogP contribution in [0.3, 0.4) is 0 Å². The highest BCUT2D eigenvalue weighted by atomic mass is 32.2. The molecule has 0 N–H and O–H groups in total. The van der Waals surface area contributed by atoms with Gasteiger partial charge in [0, 0.05) is 11.3 Å². The predicted octanol–water partition coefficient (Wildman–Crippen LogP) is 3.24. The van der Waals surface area contributed by atoms with Crippen LogP contribution in [-0.4, -0.2) is 13.8 Å². The van der Waals surface area contributed by atoms with Crippen molar-refractivity contribution in [3.05, 3.63) is 0 Å². The standard InChI is InChI=1S/C8H12S3/c1-5(2)8(3)6(9)4-7(10)11-8/h5H,4H2,1-3H3. The maximum atomic E-state index is 5.30. The summed E-state index contributed by atoms with van der Waals surface area (Å²) in [5.74, 6) is 0.584. The Morgan fingerprint density at radius 3 is 2.18 bits per heavy atom. The molecule has 62 valence electrons. The van der Waals surface area contributed by atoms with Crippen LogP contribution >= 0.6 is 36.2 Å². The van der Waals surface area contributed by atoms with Gasteiger partial charge in [-0.1, -0.05) is 38.3 Å². The van der Waals surface area contributed by atoms with Crippen LogP contribution in [0.2, 0.25) is 0 Å². The smallest absolute Gasteiger partial charge is 0.0536 e. The summed E-state index contributed by atoms with van der Waals surface area (Å²) in [5, 5.41) is 0. The van der Waals surface area contributed by atoms with Gasteiger partial charge in [-0.2, -0.15) is 0 Å². The van der Waals surface area contributed by atoms with E-state index in [0.717, 1.165) is 15.5 Å². The van der Waals surface area contributed by atoms with E-state index in [2.05, 4.69) is 20.8 Å². The van der Waals surface area contributed by atoms with Crippen LogP contribution in [0.5, 0.6) is 0 Å². The third kappa shape index (κ3) is 1.65. The van der Waals surface area contributed by atoms with Gasteiger partial charge in [-0.05, 0) is 12.8 Å². The molecular weight excluding hydrogens is 192 g/mol. The molecule has 0 aromatic carbocycles. The van der Waals surface area contributed by atoms with Crippen molar-refractivity contribution in [1.82, 2.24) is 0 Å². The van der Waals surface area contributed by atoms with Crippen LogP contribution in [-0.2, 0) is 0 Å². The fourth-order valence-corrected chi connectivity index (χ4v) is 3.54. The highest BCUT2D eigenvalue weighted by Crippen LogP contribution is 2.43. The molecule has 0 spiro atoms. The second-order valence-corrected chi connectivity index (χ2v) is 6.12. The lowest BCUT2D eigenvalue weighted by Crippen LogP contribution is -2.31. The number of thiocarbonyl (C=S) groups is 2. The summed E-state index contributed by atoms with van der Waals surface area (Å²) in [6.07, 6.45) is 0.865. The zero-order valence-electron chi connectivity index (χ0n) is 7.01. The molecule has 0 nitrogen and oxygen atoms in total. The van der Waals surface area contributed by atoms with Crippen molar-refractivity contribution in [2.45, 2.75) is 31.9 Å². The average molecular weight is 204 g/mol. The molecule has 1 heterocycles. The fraction of sp³-hybridized carbons (Fsp3) is 0.750. The Morgan fingerprint density at radius 2 is 2.00 bits per heavy atom. The van der Waals surface area contributed by atoms with Crippen molar-refractivity contribution >= 4 is 45.3 Å². The molecule has 0 aliphatic carbocycles. The first-order valence-corrected chi connectivity index (χ1v) is 5.35. The third-order valence-corrected chi connectivity index (χ3v) is 4.89. The summed E-state index contributed by atoms with van der Waals surface area (Å²) in [5.41, 5.74) is 0. The lowest BCUT2D eigenvalue weighted by Gasteiger charge is -2.26. The molecule has 0 amide bonds. The van der Waals surface area contributed by atoms with Crippen molar-refractivity contribution in [3.8, 4) is 0 Å². The van der Waals surface area contributed by atoms with Gasteiger partial charge in [-0.25, -0.2) is 0 Å². The summed E-state index contributed by atoms with van der Waals surface area (Å²) in [4.78, 5) is 1.13. The van der Waals surface area contributed by atoms with E-state index < -0.39 is 0 Å². The second-order valence-electron chi connectivity index (χ2n) is 3.34. The summed E-state index contributed by atoms with van der Waals surface area (Å²) in [7, 11) is 0. The largest absolute Gasteiger partial charge is 0.106 e. The fourth-order valence-electron chi connectivity index (χ4n) is 1.08. The van der Waals surface area contributed by atoms with Gasteiger partial charge in [-0.3, -0.25) is 0 Å². The Balaban J connectivity index is 2.87. The van der Waals surface area contributed by atoms with E-state index in [0.29, 0.717) is 5.92 Å². The van der Waals surface area contributed by atoms with Gasteiger partial charge in [0.2, 0.25) is 0 Å². The molecule has 1 aliphatic heterocycles. The number of hydrogen-bond acceptors (Lipinski definition) is 3. The zero-order valence-corrected chi connectivity index (χ0v) is 9.46. The van der Waals surface area contributed by atoms with E-state index in [-0.39, 0.29) is 4.75 Å². The summed E-state index contributed by atoms with van der Waals surface area (Å²) in [6, 6.07) is 0. The molecule has 0 radical (unpaired) electrons. The molecule has 1 rings (SSSR count). The van der Waals surface area contributed by atoms with E-state index in [1.807, 2.05) is 0 Å². The molecule has 3 heteroatoms. The van der Waals surface area contributed by atoms with Gasteiger partial charge in [0.1, 0.15) is 0 Å². The van der Waals surface area contributed by atoms with Crippen LogP contribution in [0.4, 0.5) is 0 Å². The Hall–Kier alpha value is 0.530.